The minimum absolute atomic E-state index is 0.0549. The fourth-order valence-electron chi connectivity index (χ4n) is 1.98. The molecule has 1 fully saturated rings. The zero-order valence-corrected chi connectivity index (χ0v) is 12.2. The zero-order chi connectivity index (χ0) is 13.7. The molecule has 0 saturated carbocycles. The highest BCUT2D eigenvalue weighted by Crippen LogP contribution is 2.15. The predicted octanol–water partition coefficient (Wildman–Crippen LogP) is 1.25. The normalized spacial score (nSPS) is 16.6. The summed E-state index contributed by atoms with van der Waals surface area (Å²) in [6.45, 7) is 6.88. The molecular weight excluding hydrogens is 264 g/mol. The summed E-state index contributed by atoms with van der Waals surface area (Å²) in [6.07, 6.45) is 0. The van der Waals surface area contributed by atoms with Crippen LogP contribution in [0.5, 0.6) is 0 Å². The van der Waals surface area contributed by atoms with Crippen LogP contribution < -0.4 is 5.32 Å². The Labute approximate surface area is 117 Å². The van der Waals surface area contributed by atoms with E-state index >= 15 is 0 Å². The number of carbonyl (C=O) groups excluding carboxylic acids is 1. The maximum absolute atomic E-state index is 12.0. The van der Waals surface area contributed by atoms with Crippen molar-refractivity contribution < 1.29 is 9.53 Å². The van der Waals surface area contributed by atoms with Crippen molar-refractivity contribution in [1.82, 2.24) is 14.8 Å². The maximum atomic E-state index is 12.0. The van der Waals surface area contributed by atoms with Gasteiger partial charge in [-0.2, -0.15) is 0 Å². The van der Waals surface area contributed by atoms with Crippen molar-refractivity contribution in [3.63, 3.8) is 0 Å². The molecule has 6 nitrogen and oxygen atoms in total. The Kier molecular flexibility index (Phi) is 5.12. The van der Waals surface area contributed by atoms with Gasteiger partial charge in [0, 0.05) is 45.2 Å². The van der Waals surface area contributed by atoms with Gasteiger partial charge in [-0.15, -0.1) is 11.3 Å². The van der Waals surface area contributed by atoms with E-state index in [0.29, 0.717) is 5.13 Å². The van der Waals surface area contributed by atoms with E-state index < -0.39 is 0 Å². The third-order valence-corrected chi connectivity index (χ3v) is 3.98. The van der Waals surface area contributed by atoms with E-state index in [1.54, 1.807) is 7.11 Å². The van der Waals surface area contributed by atoms with E-state index in [9.17, 15) is 4.79 Å². The van der Waals surface area contributed by atoms with Crippen molar-refractivity contribution in [3.8, 4) is 0 Å². The summed E-state index contributed by atoms with van der Waals surface area (Å²) in [5, 5.41) is 5.44. The molecule has 0 atom stereocenters. The lowest BCUT2D eigenvalue weighted by Crippen LogP contribution is -2.50. The first-order chi connectivity index (χ1) is 9.19. The number of anilines is 1. The van der Waals surface area contributed by atoms with Gasteiger partial charge >= 0.3 is 6.03 Å². The summed E-state index contributed by atoms with van der Waals surface area (Å²) in [5.41, 5.74) is 0.935. The molecule has 19 heavy (non-hydrogen) atoms. The average Bonchev–Trinajstić information content (AvgIpc) is 2.82. The standard InChI is InChI=1S/C12H20N4O2S/c1-10-9-19-11(13-10)14-12(17)16-5-3-15(4-6-16)7-8-18-2/h9H,3-8H2,1-2H3,(H,13,14,17). The van der Waals surface area contributed by atoms with Gasteiger partial charge in [-0.3, -0.25) is 10.2 Å². The predicted molar refractivity (Wildman–Crippen MR) is 75.8 cm³/mol. The first kappa shape index (κ1) is 14.2. The number of aromatic nitrogens is 1. The Morgan fingerprint density at radius 2 is 2.21 bits per heavy atom. The summed E-state index contributed by atoms with van der Waals surface area (Å²) in [7, 11) is 1.71. The number of aryl methyl sites for hydroxylation is 1. The molecule has 0 spiro atoms. The molecule has 1 aromatic rings. The number of ether oxygens (including phenoxy) is 1. The number of amides is 2. The molecule has 7 heteroatoms. The van der Waals surface area contributed by atoms with Crippen molar-refractivity contribution in [1.29, 1.82) is 0 Å². The highest BCUT2D eigenvalue weighted by molar-refractivity contribution is 7.13. The van der Waals surface area contributed by atoms with E-state index in [1.165, 1.54) is 11.3 Å². The van der Waals surface area contributed by atoms with E-state index in [-0.39, 0.29) is 6.03 Å². The molecule has 2 amide bonds. The van der Waals surface area contributed by atoms with Gasteiger partial charge in [-0.1, -0.05) is 0 Å². The van der Waals surface area contributed by atoms with Crippen LogP contribution in [0.2, 0.25) is 0 Å². The largest absolute Gasteiger partial charge is 0.383 e. The highest BCUT2D eigenvalue weighted by atomic mass is 32.1. The van der Waals surface area contributed by atoms with Crippen LogP contribution in [0.15, 0.2) is 5.38 Å². The molecular formula is C12H20N4O2S. The van der Waals surface area contributed by atoms with Crippen molar-refractivity contribution in [3.05, 3.63) is 11.1 Å². The van der Waals surface area contributed by atoms with Gasteiger partial charge in [-0.05, 0) is 6.92 Å². The topological polar surface area (TPSA) is 57.7 Å². The molecule has 2 heterocycles. The van der Waals surface area contributed by atoms with Crippen LogP contribution in [-0.2, 0) is 4.74 Å². The second-order valence-corrected chi connectivity index (χ2v) is 5.40. The zero-order valence-electron chi connectivity index (χ0n) is 11.4. The van der Waals surface area contributed by atoms with E-state index in [2.05, 4.69) is 15.2 Å². The Morgan fingerprint density at radius 1 is 1.47 bits per heavy atom. The van der Waals surface area contributed by atoms with Crippen LogP contribution in [0.25, 0.3) is 0 Å². The van der Waals surface area contributed by atoms with Crippen LogP contribution in [0.1, 0.15) is 5.69 Å². The number of carbonyl (C=O) groups is 1. The number of nitrogens with zero attached hydrogens (tertiary/aromatic N) is 3. The minimum Gasteiger partial charge on any atom is -0.383 e. The maximum Gasteiger partial charge on any atom is 0.323 e. The van der Waals surface area contributed by atoms with Crippen molar-refractivity contribution >= 4 is 22.5 Å². The molecule has 1 N–H and O–H groups in total. The second kappa shape index (κ2) is 6.83. The molecule has 2 rings (SSSR count). The first-order valence-corrected chi connectivity index (χ1v) is 7.26. The van der Waals surface area contributed by atoms with Crippen LogP contribution in [0.3, 0.4) is 0 Å². The molecule has 106 valence electrons. The quantitative estimate of drug-likeness (QED) is 0.904. The van der Waals surface area contributed by atoms with Crippen LogP contribution in [0, 0.1) is 6.92 Å². The molecule has 0 aromatic carbocycles. The summed E-state index contributed by atoms with van der Waals surface area (Å²) in [4.78, 5) is 20.4. The lowest BCUT2D eigenvalue weighted by molar-refractivity contribution is 0.109. The minimum atomic E-state index is -0.0549. The Morgan fingerprint density at radius 3 is 2.79 bits per heavy atom. The van der Waals surface area contributed by atoms with Gasteiger partial charge in [0.25, 0.3) is 0 Å². The third kappa shape index (κ3) is 4.15. The molecule has 1 aliphatic heterocycles. The van der Waals surface area contributed by atoms with E-state index in [0.717, 1.165) is 45.0 Å². The van der Waals surface area contributed by atoms with Crippen molar-refractivity contribution in [2.75, 3.05) is 51.8 Å². The van der Waals surface area contributed by atoms with Gasteiger partial charge in [0.15, 0.2) is 5.13 Å². The van der Waals surface area contributed by atoms with Crippen LogP contribution >= 0.6 is 11.3 Å². The fraction of sp³-hybridized carbons (Fsp3) is 0.667. The third-order valence-electron chi connectivity index (χ3n) is 3.10. The van der Waals surface area contributed by atoms with Gasteiger partial charge < -0.3 is 9.64 Å². The molecule has 1 saturated heterocycles. The smallest absolute Gasteiger partial charge is 0.323 e. The summed E-state index contributed by atoms with van der Waals surface area (Å²) in [6, 6.07) is -0.0549. The van der Waals surface area contributed by atoms with Gasteiger partial charge in [0.1, 0.15) is 0 Å². The molecule has 0 aliphatic carbocycles. The second-order valence-electron chi connectivity index (χ2n) is 4.55. The molecule has 0 bridgehead atoms. The van der Waals surface area contributed by atoms with E-state index in [1.807, 2.05) is 17.2 Å². The Bertz CT molecular complexity index is 416. The van der Waals surface area contributed by atoms with Crippen LogP contribution in [-0.4, -0.2) is 67.3 Å². The number of piperazine rings is 1. The summed E-state index contributed by atoms with van der Waals surface area (Å²) >= 11 is 1.46. The van der Waals surface area contributed by atoms with Gasteiger partial charge in [0.2, 0.25) is 0 Å². The molecule has 0 unspecified atom stereocenters. The lowest BCUT2D eigenvalue weighted by Gasteiger charge is -2.34. The fourth-order valence-corrected chi connectivity index (χ4v) is 2.65. The monoisotopic (exact) mass is 284 g/mol. The number of methoxy groups -OCH3 is 1. The number of hydrogen-bond acceptors (Lipinski definition) is 5. The number of hydrogen-bond donors (Lipinski definition) is 1. The average molecular weight is 284 g/mol. The van der Waals surface area contributed by atoms with Gasteiger partial charge in [-0.25, -0.2) is 9.78 Å². The van der Waals surface area contributed by atoms with E-state index in [4.69, 9.17) is 4.74 Å². The molecule has 1 aromatic heterocycles. The summed E-state index contributed by atoms with van der Waals surface area (Å²) in [5.74, 6) is 0. The Hall–Kier alpha value is -1.18. The first-order valence-electron chi connectivity index (χ1n) is 6.38. The van der Waals surface area contributed by atoms with Crippen molar-refractivity contribution in [2.45, 2.75) is 6.92 Å². The van der Waals surface area contributed by atoms with Crippen molar-refractivity contribution in [2.24, 2.45) is 0 Å². The lowest BCUT2D eigenvalue weighted by atomic mass is 10.3. The SMILES string of the molecule is COCCN1CCN(C(=O)Nc2nc(C)cs2)CC1. The number of thiazole rings is 1. The molecule has 1 aliphatic rings. The highest BCUT2D eigenvalue weighted by Gasteiger charge is 2.21. The van der Waals surface area contributed by atoms with Gasteiger partial charge in [0.05, 0.1) is 12.3 Å². The number of nitrogens with one attached hydrogen (secondary N) is 1. The molecule has 0 radical (unpaired) electrons. The summed E-state index contributed by atoms with van der Waals surface area (Å²) < 4.78 is 5.06. The Balaban J connectivity index is 1.76. The van der Waals surface area contributed by atoms with Crippen LogP contribution in [0.4, 0.5) is 9.93 Å². The number of rotatable bonds is 4. The number of urea groups is 1.